The Kier molecular flexibility index (Phi) is 5.94. The van der Waals surface area contributed by atoms with Crippen LogP contribution in [0.4, 0.5) is 0 Å². The van der Waals surface area contributed by atoms with E-state index in [1.807, 2.05) is 0 Å². The van der Waals surface area contributed by atoms with Crippen molar-refractivity contribution >= 4 is 29.1 Å². The summed E-state index contributed by atoms with van der Waals surface area (Å²) in [7, 11) is 0. The lowest BCUT2D eigenvalue weighted by Crippen LogP contribution is -2.33. The second kappa shape index (κ2) is 8.75. The van der Waals surface area contributed by atoms with Crippen molar-refractivity contribution in [2.75, 3.05) is 6.61 Å². The predicted molar refractivity (Wildman–Crippen MR) is 104 cm³/mol. The second-order valence-electron chi connectivity index (χ2n) is 5.63. The van der Waals surface area contributed by atoms with Crippen molar-refractivity contribution in [1.29, 1.82) is 5.26 Å². The summed E-state index contributed by atoms with van der Waals surface area (Å²) in [6.45, 7) is -0.593. The number of benzene rings is 2. The SMILES string of the molecule is N#Cc1ccccc1-c1ccccc1C(=O)OCC(=O)NC(=O)c1cccs1. The van der Waals surface area contributed by atoms with Crippen molar-refractivity contribution in [2.24, 2.45) is 0 Å². The zero-order valence-corrected chi connectivity index (χ0v) is 15.4. The summed E-state index contributed by atoms with van der Waals surface area (Å²) >= 11 is 1.20. The number of rotatable bonds is 5. The summed E-state index contributed by atoms with van der Waals surface area (Å²) in [5.41, 5.74) is 1.76. The Morgan fingerprint density at radius 3 is 2.39 bits per heavy atom. The van der Waals surface area contributed by atoms with Gasteiger partial charge in [0.05, 0.1) is 22.1 Å². The van der Waals surface area contributed by atoms with Crippen LogP contribution in [0.1, 0.15) is 25.6 Å². The van der Waals surface area contributed by atoms with Crippen LogP contribution in [0.15, 0.2) is 66.0 Å². The molecule has 0 atom stereocenters. The van der Waals surface area contributed by atoms with E-state index in [0.29, 0.717) is 21.6 Å². The van der Waals surface area contributed by atoms with Gasteiger partial charge in [-0.1, -0.05) is 42.5 Å². The smallest absolute Gasteiger partial charge is 0.339 e. The molecule has 0 bridgehead atoms. The van der Waals surface area contributed by atoms with Crippen LogP contribution in [0.3, 0.4) is 0 Å². The molecule has 0 saturated carbocycles. The molecule has 0 aliphatic heterocycles. The molecule has 0 unspecified atom stereocenters. The van der Waals surface area contributed by atoms with Crippen LogP contribution in [-0.2, 0) is 9.53 Å². The molecule has 28 heavy (non-hydrogen) atoms. The Balaban J connectivity index is 1.71. The van der Waals surface area contributed by atoms with Gasteiger partial charge in [-0.15, -0.1) is 11.3 Å². The summed E-state index contributed by atoms with van der Waals surface area (Å²) in [6.07, 6.45) is 0. The molecule has 3 rings (SSSR count). The van der Waals surface area contributed by atoms with Crippen LogP contribution < -0.4 is 5.32 Å². The Bertz CT molecular complexity index is 1070. The van der Waals surface area contributed by atoms with Gasteiger partial charge in [0.1, 0.15) is 0 Å². The maximum absolute atomic E-state index is 12.5. The monoisotopic (exact) mass is 390 g/mol. The third-order valence-corrected chi connectivity index (χ3v) is 4.69. The highest BCUT2D eigenvalue weighted by Crippen LogP contribution is 2.27. The maximum atomic E-state index is 12.5. The average Bonchev–Trinajstić information content (AvgIpc) is 3.27. The van der Waals surface area contributed by atoms with Gasteiger partial charge in [-0.2, -0.15) is 5.26 Å². The summed E-state index contributed by atoms with van der Waals surface area (Å²) in [6, 6.07) is 18.9. The first-order valence-corrected chi connectivity index (χ1v) is 9.11. The number of hydrogen-bond donors (Lipinski definition) is 1. The Hall–Kier alpha value is -3.76. The quantitative estimate of drug-likeness (QED) is 0.674. The molecular formula is C21H14N2O4S. The van der Waals surface area contributed by atoms with Gasteiger partial charge in [-0.05, 0) is 29.1 Å². The molecule has 1 N–H and O–H groups in total. The van der Waals surface area contributed by atoms with E-state index < -0.39 is 24.4 Å². The molecule has 1 heterocycles. The fourth-order valence-electron chi connectivity index (χ4n) is 2.55. The van der Waals surface area contributed by atoms with Crippen molar-refractivity contribution in [1.82, 2.24) is 5.32 Å². The first kappa shape index (κ1) is 19.0. The molecule has 0 aliphatic carbocycles. The van der Waals surface area contributed by atoms with Gasteiger partial charge in [-0.25, -0.2) is 4.79 Å². The van der Waals surface area contributed by atoms with Gasteiger partial charge in [0.2, 0.25) is 0 Å². The molecule has 0 aliphatic rings. The van der Waals surface area contributed by atoms with Crippen LogP contribution in [0.2, 0.25) is 0 Å². The molecular weight excluding hydrogens is 376 g/mol. The highest BCUT2D eigenvalue weighted by molar-refractivity contribution is 7.12. The molecule has 7 heteroatoms. The fraction of sp³-hybridized carbons (Fsp3) is 0.0476. The lowest BCUT2D eigenvalue weighted by molar-refractivity contribution is -0.123. The number of hydrogen-bond acceptors (Lipinski definition) is 6. The summed E-state index contributed by atoms with van der Waals surface area (Å²) in [5, 5.41) is 13.2. The first-order chi connectivity index (χ1) is 13.6. The molecule has 2 aromatic carbocycles. The molecule has 3 aromatic rings. The van der Waals surface area contributed by atoms with Gasteiger partial charge in [0.15, 0.2) is 6.61 Å². The minimum absolute atomic E-state index is 0.225. The van der Waals surface area contributed by atoms with Crippen molar-refractivity contribution in [3.05, 3.63) is 82.0 Å². The number of nitriles is 1. The Morgan fingerprint density at radius 1 is 0.964 bits per heavy atom. The third-order valence-electron chi connectivity index (χ3n) is 3.82. The minimum atomic E-state index is -0.721. The van der Waals surface area contributed by atoms with Crippen LogP contribution in [0, 0.1) is 11.3 Å². The Labute approximate surface area is 165 Å². The predicted octanol–water partition coefficient (Wildman–Crippen LogP) is 3.40. The molecule has 0 saturated heterocycles. The first-order valence-electron chi connectivity index (χ1n) is 8.23. The topological polar surface area (TPSA) is 96.3 Å². The number of nitrogens with zero attached hydrogens (tertiary/aromatic N) is 1. The average molecular weight is 390 g/mol. The number of nitrogens with one attached hydrogen (secondary N) is 1. The number of ether oxygens (including phenoxy) is 1. The van der Waals surface area contributed by atoms with Crippen LogP contribution in [-0.4, -0.2) is 24.4 Å². The van der Waals surface area contributed by atoms with Crippen LogP contribution in [0.25, 0.3) is 11.1 Å². The van der Waals surface area contributed by atoms with E-state index in [9.17, 15) is 19.6 Å². The van der Waals surface area contributed by atoms with Crippen LogP contribution in [0.5, 0.6) is 0 Å². The molecule has 1 aromatic heterocycles. The van der Waals surface area contributed by atoms with E-state index in [1.54, 1.807) is 66.0 Å². The van der Waals surface area contributed by atoms with Crippen molar-refractivity contribution in [3.8, 4) is 17.2 Å². The standard InChI is InChI=1S/C21H14N2O4S/c22-12-14-6-1-2-7-15(14)16-8-3-4-9-17(16)21(26)27-13-19(24)23-20(25)18-10-5-11-28-18/h1-11H,13H2,(H,23,24,25). The van der Waals surface area contributed by atoms with Crippen LogP contribution >= 0.6 is 11.3 Å². The van der Waals surface area contributed by atoms with E-state index in [2.05, 4.69) is 11.4 Å². The van der Waals surface area contributed by atoms with Gasteiger partial charge in [-0.3, -0.25) is 14.9 Å². The number of imide groups is 1. The largest absolute Gasteiger partial charge is 0.452 e. The highest BCUT2D eigenvalue weighted by Gasteiger charge is 2.18. The molecule has 2 amide bonds. The van der Waals surface area contributed by atoms with E-state index in [1.165, 1.54) is 11.3 Å². The van der Waals surface area contributed by atoms with Gasteiger partial charge >= 0.3 is 5.97 Å². The van der Waals surface area contributed by atoms with Crippen molar-refractivity contribution in [2.45, 2.75) is 0 Å². The van der Waals surface area contributed by atoms with E-state index in [0.717, 1.165) is 0 Å². The molecule has 0 radical (unpaired) electrons. The second-order valence-corrected chi connectivity index (χ2v) is 6.58. The van der Waals surface area contributed by atoms with E-state index in [4.69, 9.17) is 4.74 Å². The minimum Gasteiger partial charge on any atom is -0.452 e. The third kappa shape index (κ3) is 4.31. The van der Waals surface area contributed by atoms with Gasteiger partial charge in [0.25, 0.3) is 11.8 Å². The molecule has 138 valence electrons. The van der Waals surface area contributed by atoms with Crippen molar-refractivity contribution < 1.29 is 19.1 Å². The zero-order chi connectivity index (χ0) is 19.9. The highest BCUT2D eigenvalue weighted by atomic mass is 32.1. The summed E-state index contributed by atoms with van der Waals surface area (Å²) in [4.78, 5) is 36.6. The van der Waals surface area contributed by atoms with E-state index in [-0.39, 0.29) is 5.56 Å². The van der Waals surface area contributed by atoms with Gasteiger partial charge in [0, 0.05) is 5.56 Å². The number of amides is 2. The molecule has 6 nitrogen and oxygen atoms in total. The number of thiophene rings is 1. The molecule has 0 fully saturated rings. The Morgan fingerprint density at radius 2 is 1.68 bits per heavy atom. The lowest BCUT2D eigenvalue weighted by atomic mass is 9.96. The van der Waals surface area contributed by atoms with E-state index >= 15 is 0 Å². The molecule has 0 spiro atoms. The summed E-state index contributed by atoms with van der Waals surface area (Å²) in [5.74, 6) is -1.98. The normalized spacial score (nSPS) is 9.96. The summed E-state index contributed by atoms with van der Waals surface area (Å²) < 4.78 is 5.06. The van der Waals surface area contributed by atoms with Gasteiger partial charge < -0.3 is 4.74 Å². The fourth-order valence-corrected chi connectivity index (χ4v) is 3.17. The van der Waals surface area contributed by atoms with Crippen molar-refractivity contribution in [3.63, 3.8) is 0 Å². The zero-order valence-electron chi connectivity index (χ0n) is 14.5. The maximum Gasteiger partial charge on any atom is 0.339 e. The number of esters is 1. The number of carbonyl (C=O) groups excluding carboxylic acids is 3. The lowest BCUT2D eigenvalue weighted by Gasteiger charge is -2.11. The number of carbonyl (C=O) groups is 3.